The second-order valence-electron chi connectivity index (χ2n) is 9.71. The molecule has 7 nitrogen and oxygen atoms in total. The van der Waals surface area contributed by atoms with Crippen LogP contribution >= 0.6 is 0 Å². The number of nitrogens with zero attached hydrogens (tertiary/aromatic N) is 2. The first-order valence-corrected chi connectivity index (χ1v) is 11.7. The zero-order valence-electron chi connectivity index (χ0n) is 20.8. The van der Waals surface area contributed by atoms with Gasteiger partial charge in [-0.3, -0.25) is 14.4 Å². The molecule has 1 aliphatic heterocycles. The summed E-state index contributed by atoms with van der Waals surface area (Å²) in [5.41, 5.74) is 2.20. The van der Waals surface area contributed by atoms with Gasteiger partial charge in [-0.1, -0.05) is 48.5 Å². The van der Waals surface area contributed by atoms with Gasteiger partial charge >= 0.3 is 5.97 Å². The van der Waals surface area contributed by atoms with Crippen LogP contribution in [0.25, 0.3) is 0 Å². The van der Waals surface area contributed by atoms with Crippen molar-refractivity contribution in [3.8, 4) is 0 Å². The van der Waals surface area contributed by atoms with Crippen molar-refractivity contribution < 1.29 is 23.9 Å². The van der Waals surface area contributed by atoms with Gasteiger partial charge in [-0.15, -0.1) is 0 Å². The van der Waals surface area contributed by atoms with Gasteiger partial charge in [-0.05, 0) is 63.1 Å². The molecule has 0 bridgehead atoms. The number of ether oxygens (including phenoxy) is 1. The number of benzene rings is 3. The molecule has 1 aliphatic rings. The summed E-state index contributed by atoms with van der Waals surface area (Å²) in [6.07, 6.45) is 0. The van der Waals surface area contributed by atoms with Crippen LogP contribution in [0.3, 0.4) is 0 Å². The molecule has 0 saturated heterocycles. The summed E-state index contributed by atoms with van der Waals surface area (Å²) in [7, 11) is 0. The fraction of sp³-hybridized carbons (Fsp3) is 0.241. The lowest BCUT2D eigenvalue weighted by molar-refractivity contribution is -0.140. The summed E-state index contributed by atoms with van der Waals surface area (Å²) < 4.78 is 5.32. The maximum absolute atomic E-state index is 13.1. The van der Waals surface area contributed by atoms with Crippen molar-refractivity contribution in [1.82, 2.24) is 4.90 Å². The van der Waals surface area contributed by atoms with Gasteiger partial charge < -0.3 is 9.64 Å². The number of para-hydroxylation sites is 1. The Kier molecular flexibility index (Phi) is 6.75. The molecule has 0 aromatic heterocycles. The minimum atomic E-state index is -0.741. The normalized spacial score (nSPS) is 12.9. The molecule has 0 saturated carbocycles. The Bertz CT molecular complexity index is 1340. The largest absolute Gasteiger partial charge is 0.452 e. The van der Waals surface area contributed by atoms with Crippen LogP contribution in [0.15, 0.2) is 72.8 Å². The van der Waals surface area contributed by atoms with Crippen LogP contribution in [-0.4, -0.2) is 40.7 Å². The van der Waals surface area contributed by atoms with Crippen LogP contribution in [0.5, 0.6) is 0 Å². The Morgan fingerprint density at radius 3 is 2.17 bits per heavy atom. The lowest BCUT2D eigenvalue weighted by Gasteiger charge is -2.35. The Balaban J connectivity index is 1.48. The van der Waals surface area contributed by atoms with E-state index in [-0.39, 0.29) is 22.6 Å². The maximum atomic E-state index is 13.1. The van der Waals surface area contributed by atoms with Gasteiger partial charge in [0.2, 0.25) is 0 Å². The molecule has 1 heterocycles. The number of hydrogen-bond donors (Lipinski definition) is 0. The van der Waals surface area contributed by atoms with E-state index in [1.165, 1.54) is 18.2 Å². The molecule has 3 aromatic carbocycles. The highest BCUT2D eigenvalue weighted by Gasteiger charge is 2.38. The van der Waals surface area contributed by atoms with Gasteiger partial charge in [-0.2, -0.15) is 0 Å². The van der Waals surface area contributed by atoms with Crippen molar-refractivity contribution in [2.24, 2.45) is 0 Å². The Morgan fingerprint density at radius 2 is 1.50 bits per heavy atom. The van der Waals surface area contributed by atoms with E-state index in [1.54, 1.807) is 17.0 Å². The first-order valence-electron chi connectivity index (χ1n) is 11.7. The minimum absolute atomic E-state index is 0.0969. The zero-order valence-corrected chi connectivity index (χ0v) is 20.8. The first kappa shape index (κ1) is 24.9. The number of rotatable bonds is 6. The Labute approximate surface area is 210 Å². The fourth-order valence-corrected chi connectivity index (χ4v) is 4.15. The molecule has 3 amide bonds. The Hall–Kier alpha value is -4.26. The summed E-state index contributed by atoms with van der Waals surface area (Å²) in [6.45, 7) is 7.50. The molecule has 0 radical (unpaired) electrons. The monoisotopic (exact) mass is 484 g/mol. The summed E-state index contributed by atoms with van der Waals surface area (Å²) >= 11 is 0. The van der Waals surface area contributed by atoms with Crippen molar-refractivity contribution in [3.63, 3.8) is 0 Å². The molecular formula is C29H28N2O5. The molecule has 0 fully saturated rings. The van der Waals surface area contributed by atoms with E-state index in [9.17, 15) is 19.2 Å². The van der Waals surface area contributed by atoms with Crippen LogP contribution < -0.4 is 4.90 Å². The SMILES string of the molecule is Cc1ccccc1N1C(=O)c2ccc(C(=O)OCC(=O)N(Cc3ccccc3)C(C)(C)C)cc2C1=O. The number of hydrogen-bond acceptors (Lipinski definition) is 5. The predicted molar refractivity (Wildman–Crippen MR) is 136 cm³/mol. The standard InChI is InChI=1S/C29H28N2O5/c1-19-10-8-9-13-24(19)31-26(33)22-15-14-21(16-23(22)27(31)34)28(35)36-18-25(32)30(29(2,3)4)17-20-11-6-5-7-12-20/h5-16H,17-18H2,1-4H3. The molecule has 0 unspecified atom stereocenters. The van der Waals surface area contributed by atoms with Crippen LogP contribution in [-0.2, 0) is 16.1 Å². The molecule has 184 valence electrons. The number of amides is 3. The van der Waals surface area contributed by atoms with Gasteiger partial charge in [0.25, 0.3) is 17.7 Å². The fourth-order valence-electron chi connectivity index (χ4n) is 4.15. The molecule has 4 rings (SSSR count). The topological polar surface area (TPSA) is 84.0 Å². The van der Waals surface area contributed by atoms with E-state index in [2.05, 4.69) is 0 Å². The smallest absolute Gasteiger partial charge is 0.338 e. The molecule has 0 atom stereocenters. The third kappa shape index (κ3) is 4.91. The van der Waals surface area contributed by atoms with Crippen LogP contribution in [0, 0.1) is 6.92 Å². The molecule has 0 N–H and O–H groups in total. The summed E-state index contributed by atoms with van der Waals surface area (Å²) in [6, 6.07) is 20.9. The predicted octanol–water partition coefficient (Wildman–Crippen LogP) is 4.78. The quantitative estimate of drug-likeness (QED) is 0.371. The van der Waals surface area contributed by atoms with E-state index < -0.39 is 29.9 Å². The van der Waals surface area contributed by atoms with E-state index in [0.717, 1.165) is 16.0 Å². The molecule has 7 heteroatoms. The third-order valence-corrected chi connectivity index (χ3v) is 6.10. The van der Waals surface area contributed by atoms with E-state index in [1.807, 2.05) is 70.2 Å². The molecule has 3 aromatic rings. The van der Waals surface area contributed by atoms with E-state index in [4.69, 9.17) is 4.74 Å². The molecular weight excluding hydrogens is 456 g/mol. The van der Waals surface area contributed by atoms with Crippen molar-refractivity contribution in [1.29, 1.82) is 0 Å². The number of carbonyl (C=O) groups is 4. The van der Waals surface area contributed by atoms with Gasteiger partial charge in [0.15, 0.2) is 6.61 Å². The summed E-state index contributed by atoms with van der Waals surface area (Å²) in [5.74, 6) is -2.02. The summed E-state index contributed by atoms with van der Waals surface area (Å²) in [4.78, 5) is 54.5. The van der Waals surface area contributed by atoms with Crippen molar-refractivity contribution in [3.05, 3.63) is 101 Å². The summed E-state index contributed by atoms with van der Waals surface area (Å²) in [5, 5.41) is 0. The number of imide groups is 1. The van der Waals surface area contributed by atoms with Gasteiger partial charge in [-0.25, -0.2) is 9.69 Å². The highest BCUT2D eigenvalue weighted by molar-refractivity contribution is 6.34. The van der Waals surface area contributed by atoms with Crippen LogP contribution in [0.4, 0.5) is 5.69 Å². The van der Waals surface area contributed by atoms with Gasteiger partial charge in [0.05, 0.1) is 22.4 Å². The van der Waals surface area contributed by atoms with Gasteiger partial charge in [0.1, 0.15) is 0 Å². The minimum Gasteiger partial charge on any atom is -0.452 e. The number of fused-ring (bicyclic) bond motifs is 1. The zero-order chi connectivity index (χ0) is 26.0. The maximum Gasteiger partial charge on any atom is 0.338 e. The lowest BCUT2D eigenvalue weighted by atomic mass is 10.0. The van der Waals surface area contributed by atoms with Crippen molar-refractivity contribution in [2.75, 3.05) is 11.5 Å². The molecule has 36 heavy (non-hydrogen) atoms. The van der Waals surface area contributed by atoms with E-state index >= 15 is 0 Å². The number of esters is 1. The average Bonchev–Trinajstić information content (AvgIpc) is 3.10. The lowest BCUT2D eigenvalue weighted by Crippen LogP contribution is -2.46. The third-order valence-electron chi connectivity index (χ3n) is 6.10. The highest BCUT2D eigenvalue weighted by Crippen LogP contribution is 2.31. The van der Waals surface area contributed by atoms with Gasteiger partial charge in [0, 0.05) is 12.1 Å². The molecule has 0 aliphatic carbocycles. The highest BCUT2D eigenvalue weighted by atomic mass is 16.5. The number of carbonyl (C=O) groups excluding carboxylic acids is 4. The Morgan fingerprint density at radius 1 is 0.861 bits per heavy atom. The van der Waals surface area contributed by atoms with E-state index in [0.29, 0.717) is 12.2 Å². The first-order chi connectivity index (χ1) is 17.1. The second kappa shape index (κ2) is 9.77. The van der Waals surface area contributed by atoms with Crippen molar-refractivity contribution >= 4 is 29.4 Å². The number of anilines is 1. The van der Waals surface area contributed by atoms with Crippen molar-refractivity contribution in [2.45, 2.75) is 39.8 Å². The number of aryl methyl sites for hydroxylation is 1. The second-order valence-corrected chi connectivity index (χ2v) is 9.71. The van der Waals surface area contributed by atoms with Crippen LogP contribution in [0.2, 0.25) is 0 Å². The average molecular weight is 485 g/mol. The van der Waals surface area contributed by atoms with Crippen LogP contribution in [0.1, 0.15) is 63.0 Å². The molecule has 0 spiro atoms.